The smallest absolute Gasteiger partial charge is 1.00 e. The van der Waals surface area contributed by atoms with E-state index in [1.807, 2.05) is 12.1 Å². The molecule has 1 aromatic rings. The van der Waals surface area contributed by atoms with Gasteiger partial charge in [0.2, 0.25) is 0 Å². The molecule has 0 spiro atoms. The van der Waals surface area contributed by atoms with Crippen LogP contribution in [0.4, 0.5) is 0 Å². The van der Waals surface area contributed by atoms with Crippen LogP contribution in [0.5, 0.6) is 0 Å². The first kappa shape index (κ1) is 24.1. The van der Waals surface area contributed by atoms with Crippen molar-refractivity contribution in [2.24, 2.45) is 5.92 Å². The summed E-state index contributed by atoms with van der Waals surface area (Å²) in [4.78, 5) is 0. The minimum Gasteiger partial charge on any atom is -1.00 e. The summed E-state index contributed by atoms with van der Waals surface area (Å²) in [5.74, 6) is 3.41. The molecule has 3 rings (SSSR count). The Morgan fingerprint density at radius 1 is 1.08 bits per heavy atom. The van der Waals surface area contributed by atoms with Gasteiger partial charge in [-0.3, -0.25) is 0 Å². The van der Waals surface area contributed by atoms with Gasteiger partial charge in [-0.25, -0.2) is 0 Å². The van der Waals surface area contributed by atoms with E-state index >= 15 is 0 Å². The van der Waals surface area contributed by atoms with Crippen LogP contribution in [0.3, 0.4) is 0 Å². The summed E-state index contributed by atoms with van der Waals surface area (Å²) in [6, 6.07) is 8.44. The van der Waals surface area contributed by atoms with Crippen LogP contribution in [0.15, 0.2) is 24.3 Å². The molecule has 132 valence electrons. The molecule has 1 heterocycles. The zero-order chi connectivity index (χ0) is 15.9. The SMILES string of the molecule is C[C]1[CH][CH][C](C(C)C)[CH][CH]1.[Cl-].[O-]C[C@@H]1Cc2ccccc2CN1.[Ru+2]. The van der Waals surface area contributed by atoms with Crippen LogP contribution >= 0.6 is 0 Å². The molecule has 1 aliphatic carbocycles. The first-order valence-electron chi connectivity index (χ1n) is 8.05. The average Bonchev–Trinajstić information content (AvgIpc) is 2.55. The van der Waals surface area contributed by atoms with Gasteiger partial charge in [0.05, 0.1) is 0 Å². The van der Waals surface area contributed by atoms with E-state index in [-0.39, 0.29) is 44.5 Å². The summed E-state index contributed by atoms with van der Waals surface area (Å²) >= 11 is 0. The van der Waals surface area contributed by atoms with Crippen molar-refractivity contribution >= 4 is 0 Å². The van der Waals surface area contributed by atoms with Crippen molar-refractivity contribution in [3.63, 3.8) is 0 Å². The van der Waals surface area contributed by atoms with E-state index in [9.17, 15) is 5.11 Å². The summed E-state index contributed by atoms with van der Waals surface area (Å²) in [5.41, 5.74) is 2.67. The van der Waals surface area contributed by atoms with Crippen molar-refractivity contribution in [2.45, 2.75) is 39.8 Å². The maximum atomic E-state index is 10.6. The summed E-state index contributed by atoms with van der Waals surface area (Å²) < 4.78 is 0. The molecule has 0 amide bonds. The predicted octanol–water partition coefficient (Wildman–Crippen LogP) is -0.295. The second kappa shape index (κ2) is 12.4. The van der Waals surface area contributed by atoms with Gasteiger partial charge >= 0.3 is 19.5 Å². The third kappa shape index (κ3) is 7.52. The molecule has 0 unspecified atom stereocenters. The van der Waals surface area contributed by atoms with Crippen LogP contribution in [0.2, 0.25) is 0 Å². The van der Waals surface area contributed by atoms with E-state index in [4.69, 9.17) is 0 Å². The minimum atomic E-state index is -0.0195. The Morgan fingerprint density at radius 3 is 2.21 bits per heavy atom. The van der Waals surface area contributed by atoms with Gasteiger partial charge in [0.25, 0.3) is 0 Å². The minimum absolute atomic E-state index is 0. The first-order chi connectivity index (χ1) is 10.6. The van der Waals surface area contributed by atoms with E-state index in [0.717, 1.165) is 13.0 Å². The largest absolute Gasteiger partial charge is 2.00 e. The second-order valence-electron chi connectivity index (χ2n) is 6.28. The fraction of sp³-hybridized carbons (Fsp3) is 0.400. The molecule has 1 aromatic carbocycles. The number of halogens is 1. The van der Waals surface area contributed by atoms with Gasteiger partial charge in [0, 0.05) is 6.54 Å². The normalized spacial score (nSPS) is 21.0. The Kier molecular flexibility index (Phi) is 12.4. The monoisotopic (exact) mass is 433 g/mol. The molecule has 1 N–H and O–H groups in total. The van der Waals surface area contributed by atoms with Crippen molar-refractivity contribution in [1.82, 2.24) is 5.32 Å². The number of rotatable bonds is 2. The molecule has 4 heteroatoms. The molecule has 1 saturated carbocycles. The summed E-state index contributed by atoms with van der Waals surface area (Å²) in [5, 5.41) is 13.8. The fourth-order valence-corrected chi connectivity index (χ4v) is 2.59. The van der Waals surface area contributed by atoms with E-state index < -0.39 is 0 Å². The number of nitrogens with one attached hydrogen (secondary N) is 1. The van der Waals surface area contributed by atoms with Gasteiger partial charge < -0.3 is 22.8 Å². The van der Waals surface area contributed by atoms with Crippen molar-refractivity contribution in [3.05, 3.63) is 72.9 Å². The zero-order valence-corrected chi connectivity index (χ0v) is 17.0. The van der Waals surface area contributed by atoms with Crippen molar-refractivity contribution in [3.8, 4) is 0 Å². The summed E-state index contributed by atoms with van der Waals surface area (Å²) in [6.07, 6.45) is 9.60. The maximum absolute atomic E-state index is 10.6. The number of benzene rings is 1. The van der Waals surface area contributed by atoms with Gasteiger partial charge in [0.15, 0.2) is 0 Å². The quantitative estimate of drug-likeness (QED) is 0.652. The van der Waals surface area contributed by atoms with Gasteiger partial charge in [-0.1, -0.05) is 45.0 Å². The molecule has 0 saturated heterocycles. The molecule has 2 nitrogen and oxygen atoms in total. The molecule has 0 aromatic heterocycles. The van der Waals surface area contributed by atoms with Crippen LogP contribution in [0, 0.1) is 43.4 Å². The molecule has 2 aliphatic rings. The molecule has 1 fully saturated rings. The topological polar surface area (TPSA) is 35.1 Å². The van der Waals surface area contributed by atoms with E-state index in [1.54, 1.807) is 0 Å². The Hall–Kier alpha value is 0.0534. The number of fused-ring (bicyclic) bond motifs is 1. The Labute approximate surface area is 167 Å². The van der Waals surface area contributed by atoms with E-state index in [1.165, 1.54) is 23.0 Å². The molecule has 6 radical (unpaired) electrons. The van der Waals surface area contributed by atoms with Gasteiger partial charge in [-0.05, 0) is 67.0 Å². The maximum Gasteiger partial charge on any atom is 2.00 e. The average molecular weight is 433 g/mol. The standard InChI is InChI=1S/C10H12NO.C10H14.ClH.Ru/c12-7-10-5-8-3-1-2-4-9(8)6-11-10;1-8(2)10-6-4-9(3)5-7-10;;/h1-4,10-11H,5-7H2;4-8H,1-3H3;1H;/q-1;;;+2/p-1/t10-;;;/m0.../s1. The molecular formula is C20H26ClNORu. The van der Waals surface area contributed by atoms with Crippen LogP contribution in [-0.4, -0.2) is 12.6 Å². The summed E-state index contributed by atoms with van der Waals surface area (Å²) in [7, 11) is 0. The Balaban J connectivity index is 0.000000413. The molecular weight excluding hydrogens is 407 g/mol. The van der Waals surface area contributed by atoms with Gasteiger partial charge in [-0.2, -0.15) is 0 Å². The summed E-state index contributed by atoms with van der Waals surface area (Å²) in [6.45, 7) is 7.37. The second-order valence-corrected chi connectivity index (χ2v) is 6.28. The zero-order valence-electron chi connectivity index (χ0n) is 14.5. The van der Waals surface area contributed by atoms with Gasteiger partial charge in [-0.15, -0.1) is 6.61 Å². The molecule has 24 heavy (non-hydrogen) atoms. The predicted molar refractivity (Wildman–Crippen MR) is 89.8 cm³/mol. The number of hydrogen-bond donors (Lipinski definition) is 1. The Bertz CT molecular complexity index is 447. The van der Waals surface area contributed by atoms with Crippen molar-refractivity contribution in [2.75, 3.05) is 6.61 Å². The van der Waals surface area contributed by atoms with Crippen LogP contribution in [-0.2, 0) is 32.4 Å². The van der Waals surface area contributed by atoms with Crippen LogP contribution < -0.4 is 22.8 Å². The Morgan fingerprint density at radius 2 is 1.67 bits per heavy atom. The van der Waals surface area contributed by atoms with E-state index in [2.05, 4.69) is 63.9 Å². The third-order valence-electron chi connectivity index (χ3n) is 4.11. The van der Waals surface area contributed by atoms with Crippen molar-refractivity contribution < 1.29 is 37.0 Å². The third-order valence-corrected chi connectivity index (χ3v) is 4.11. The van der Waals surface area contributed by atoms with Crippen LogP contribution in [0.25, 0.3) is 0 Å². The molecule has 1 atom stereocenters. The molecule has 1 aliphatic heterocycles. The number of hydrogen-bond acceptors (Lipinski definition) is 2. The fourth-order valence-electron chi connectivity index (χ4n) is 2.59. The van der Waals surface area contributed by atoms with Gasteiger partial charge in [0.1, 0.15) is 0 Å². The van der Waals surface area contributed by atoms with Crippen LogP contribution in [0.1, 0.15) is 31.9 Å². The van der Waals surface area contributed by atoms with E-state index in [0.29, 0.717) is 5.92 Å². The molecule has 0 bridgehead atoms. The first-order valence-corrected chi connectivity index (χ1v) is 8.05. The van der Waals surface area contributed by atoms with Crippen molar-refractivity contribution in [1.29, 1.82) is 0 Å².